The highest BCUT2D eigenvalue weighted by Gasteiger charge is 2.30. The molecule has 0 fully saturated rings. The quantitative estimate of drug-likeness (QED) is 0.863. The largest absolute Gasteiger partial charge is 0.416 e. The zero-order chi connectivity index (χ0) is 15.3. The maximum absolute atomic E-state index is 12.5. The number of aromatic amines is 1. The van der Waals surface area contributed by atoms with Crippen LogP contribution in [0.3, 0.4) is 0 Å². The number of halogens is 3. The van der Waals surface area contributed by atoms with Gasteiger partial charge in [0.1, 0.15) is 5.82 Å². The highest BCUT2D eigenvalue weighted by Crippen LogP contribution is 2.30. The molecule has 0 atom stereocenters. The lowest BCUT2D eigenvalue weighted by Gasteiger charge is -2.07. The number of aryl methyl sites for hydroxylation is 1. The van der Waals surface area contributed by atoms with Crippen molar-refractivity contribution in [1.82, 2.24) is 9.97 Å². The van der Waals surface area contributed by atoms with Crippen molar-refractivity contribution in [3.63, 3.8) is 0 Å². The van der Waals surface area contributed by atoms with Crippen molar-refractivity contribution >= 4 is 10.9 Å². The van der Waals surface area contributed by atoms with Crippen LogP contribution in [0, 0.1) is 0 Å². The molecule has 0 aliphatic heterocycles. The van der Waals surface area contributed by atoms with E-state index in [9.17, 15) is 18.0 Å². The van der Waals surface area contributed by atoms with Gasteiger partial charge in [0.05, 0.1) is 16.5 Å². The molecule has 0 amide bonds. The molecule has 0 saturated carbocycles. The Balaban J connectivity index is 0.000000612. The second kappa shape index (κ2) is 6.54. The first-order valence-electron chi connectivity index (χ1n) is 6.43. The van der Waals surface area contributed by atoms with Gasteiger partial charge in [-0.15, -0.1) is 0 Å². The lowest BCUT2D eigenvalue weighted by atomic mass is 10.1. The van der Waals surface area contributed by atoms with Crippen LogP contribution in [-0.4, -0.2) is 9.97 Å². The van der Waals surface area contributed by atoms with Crippen LogP contribution in [0.1, 0.15) is 38.6 Å². The van der Waals surface area contributed by atoms with E-state index in [0.717, 1.165) is 12.1 Å². The Bertz CT molecular complexity index is 632. The lowest BCUT2D eigenvalue weighted by Crippen LogP contribution is -2.13. The van der Waals surface area contributed by atoms with Gasteiger partial charge >= 0.3 is 6.18 Å². The molecule has 1 aromatic carbocycles. The summed E-state index contributed by atoms with van der Waals surface area (Å²) in [6.45, 7) is 6.05. The van der Waals surface area contributed by atoms with E-state index < -0.39 is 17.3 Å². The fraction of sp³-hybridized carbons (Fsp3) is 0.429. The first-order valence-corrected chi connectivity index (χ1v) is 6.43. The van der Waals surface area contributed by atoms with E-state index >= 15 is 0 Å². The van der Waals surface area contributed by atoms with Crippen LogP contribution >= 0.6 is 0 Å². The third-order valence-corrected chi connectivity index (χ3v) is 2.42. The van der Waals surface area contributed by atoms with Crippen molar-refractivity contribution in [1.29, 1.82) is 0 Å². The summed E-state index contributed by atoms with van der Waals surface area (Å²) in [5, 5.41) is -0.0444. The van der Waals surface area contributed by atoms with Crippen molar-refractivity contribution < 1.29 is 13.2 Å². The number of alkyl halides is 3. The molecule has 1 heterocycles. The number of nitrogens with zero attached hydrogens (tertiary/aromatic N) is 1. The topological polar surface area (TPSA) is 45.8 Å². The number of nitrogens with one attached hydrogen (secondary N) is 1. The predicted octanol–water partition coefficient (Wildman–Crippen LogP) is 3.92. The van der Waals surface area contributed by atoms with E-state index in [-0.39, 0.29) is 10.9 Å². The van der Waals surface area contributed by atoms with Crippen molar-refractivity contribution in [3.05, 3.63) is 39.9 Å². The normalized spacial score (nSPS) is 11.1. The summed E-state index contributed by atoms with van der Waals surface area (Å²) < 4.78 is 37.4. The van der Waals surface area contributed by atoms with Crippen molar-refractivity contribution in [3.8, 4) is 0 Å². The number of aromatic nitrogens is 2. The number of fused-ring (bicyclic) bond motifs is 1. The molecule has 0 aliphatic carbocycles. The van der Waals surface area contributed by atoms with E-state index in [0.29, 0.717) is 12.2 Å². The molecule has 3 nitrogen and oxygen atoms in total. The van der Waals surface area contributed by atoms with Crippen LogP contribution < -0.4 is 5.56 Å². The second-order valence-electron chi connectivity index (χ2n) is 4.30. The summed E-state index contributed by atoms with van der Waals surface area (Å²) in [6, 6.07) is 2.96. The van der Waals surface area contributed by atoms with Crippen LogP contribution in [0.25, 0.3) is 10.9 Å². The molecular weight excluding hydrogens is 269 g/mol. The highest BCUT2D eigenvalue weighted by atomic mass is 19.4. The number of rotatable bonds is 1. The average molecular weight is 286 g/mol. The molecule has 1 aromatic heterocycles. The van der Waals surface area contributed by atoms with E-state index in [1.807, 2.05) is 0 Å². The lowest BCUT2D eigenvalue weighted by molar-refractivity contribution is -0.137. The summed E-state index contributed by atoms with van der Waals surface area (Å²) in [6.07, 6.45) is -2.68. The second-order valence-corrected chi connectivity index (χ2v) is 4.30. The monoisotopic (exact) mass is 286 g/mol. The van der Waals surface area contributed by atoms with Crippen molar-refractivity contribution in [2.45, 2.75) is 39.8 Å². The number of hydrogen-bond donors (Lipinski definition) is 1. The summed E-state index contributed by atoms with van der Waals surface area (Å²) in [5.41, 5.74) is -1.11. The molecule has 2 aromatic rings. The Kier molecular flexibility index (Phi) is 5.30. The Morgan fingerprint density at radius 2 is 1.80 bits per heavy atom. The third-order valence-electron chi connectivity index (χ3n) is 2.42. The molecule has 20 heavy (non-hydrogen) atoms. The van der Waals surface area contributed by atoms with Gasteiger partial charge in [-0.1, -0.05) is 27.2 Å². The van der Waals surface area contributed by atoms with Gasteiger partial charge in [-0.05, 0) is 18.2 Å². The minimum atomic E-state index is -4.45. The Hall–Kier alpha value is -1.85. The Morgan fingerprint density at radius 1 is 1.20 bits per heavy atom. The first-order chi connectivity index (χ1) is 9.33. The van der Waals surface area contributed by atoms with Crippen LogP contribution in [0.2, 0.25) is 0 Å². The molecule has 0 saturated heterocycles. The molecular formula is C14H17F3N2O. The maximum atomic E-state index is 12.5. The number of hydrogen-bond acceptors (Lipinski definition) is 2. The molecule has 0 aliphatic rings. The van der Waals surface area contributed by atoms with E-state index in [1.165, 1.54) is 12.5 Å². The molecule has 110 valence electrons. The van der Waals surface area contributed by atoms with Gasteiger partial charge in [-0.25, -0.2) is 4.98 Å². The average Bonchev–Trinajstić information content (AvgIpc) is 2.38. The maximum Gasteiger partial charge on any atom is 0.416 e. The fourth-order valence-electron chi connectivity index (χ4n) is 1.53. The van der Waals surface area contributed by atoms with Crippen LogP contribution in [0.5, 0.6) is 0 Å². The zero-order valence-corrected chi connectivity index (χ0v) is 11.6. The first kappa shape index (κ1) is 16.2. The molecule has 6 heteroatoms. The Morgan fingerprint density at radius 3 is 2.30 bits per heavy atom. The predicted molar refractivity (Wildman–Crippen MR) is 72.7 cm³/mol. The number of benzene rings is 1. The molecule has 1 N–H and O–H groups in total. The smallest absolute Gasteiger partial charge is 0.310 e. The minimum absolute atomic E-state index is 0.0444. The molecule has 0 bridgehead atoms. The summed E-state index contributed by atoms with van der Waals surface area (Å²) >= 11 is 0. The van der Waals surface area contributed by atoms with Gasteiger partial charge < -0.3 is 4.98 Å². The van der Waals surface area contributed by atoms with Gasteiger partial charge in [0.15, 0.2) is 0 Å². The summed E-state index contributed by atoms with van der Waals surface area (Å²) in [7, 11) is 0. The van der Waals surface area contributed by atoms with Gasteiger partial charge in [0, 0.05) is 6.42 Å². The fourth-order valence-corrected chi connectivity index (χ4v) is 1.53. The SMILES string of the molecule is CCC.CCc1nc2ccc(C(F)(F)F)cc2c(=O)[nH]1. The summed E-state index contributed by atoms with van der Waals surface area (Å²) in [4.78, 5) is 18.1. The third kappa shape index (κ3) is 3.82. The van der Waals surface area contributed by atoms with Crippen molar-refractivity contribution in [2.75, 3.05) is 0 Å². The molecule has 2 rings (SSSR count). The van der Waals surface area contributed by atoms with Crippen LogP contribution in [0.4, 0.5) is 13.2 Å². The standard InChI is InChI=1S/C11H9F3N2O.C3H8/c1-2-9-15-8-4-3-6(11(12,13)14)5-7(8)10(17)16-9;1-3-2/h3-5H,2H2,1H3,(H,15,16,17);3H2,1-2H3. The van der Waals surface area contributed by atoms with Crippen LogP contribution in [-0.2, 0) is 12.6 Å². The molecule has 0 radical (unpaired) electrons. The summed E-state index contributed by atoms with van der Waals surface area (Å²) in [5.74, 6) is 0.460. The van der Waals surface area contributed by atoms with Gasteiger partial charge in [0.2, 0.25) is 0 Å². The van der Waals surface area contributed by atoms with Gasteiger partial charge in [-0.3, -0.25) is 4.79 Å². The van der Waals surface area contributed by atoms with E-state index in [1.54, 1.807) is 6.92 Å². The minimum Gasteiger partial charge on any atom is -0.310 e. The van der Waals surface area contributed by atoms with Crippen molar-refractivity contribution in [2.24, 2.45) is 0 Å². The van der Waals surface area contributed by atoms with E-state index in [4.69, 9.17) is 0 Å². The molecule has 0 unspecified atom stereocenters. The van der Waals surface area contributed by atoms with Gasteiger partial charge in [0.25, 0.3) is 5.56 Å². The zero-order valence-electron chi connectivity index (χ0n) is 11.6. The van der Waals surface area contributed by atoms with E-state index in [2.05, 4.69) is 23.8 Å². The Labute approximate surface area is 114 Å². The molecule has 0 spiro atoms. The number of H-pyrrole nitrogens is 1. The van der Waals surface area contributed by atoms with Gasteiger partial charge in [-0.2, -0.15) is 13.2 Å². The highest BCUT2D eigenvalue weighted by molar-refractivity contribution is 5.78. The van der Waals surface area contributed by atoms with Crippen LogP contribution in [0.15, 0.2) is 23.0 Å².